The molecular weight excluding hydrogens is 449 g/mol. The van der Waals surface area contributed by atoms with Crippen LogP contribution in [-0.4, -0.2) is 68.1 Å². The molecule has 3 fully saturated rings. The van der Waals surface area contributed by atoms with Crippen LogP contribution in [0.2, 0.25) is 5.02 Å². The average Bonchev–Trinajstić information content (AvgIpc) is 3.06. The number of nitrogens with one attached hydrogen (secondary N) is 1. The number of carbonyl (C=O) groups excluding carboxylic acids is 1. The molecule has 30 heavy (non-hydrogen) atoms. The maximum atomic E-state index is 13.3. The van der Waals surface area contributed by atoms with Gasteiger partial charge in [-0.05, 0) is 61.0 Å². The molecule has 1 amide bonds. The summed E-state index contributed by atoms with van der Waals surface area (Å²) in [6.45, 7) is 2.23. The quantitative estimate of drug-likeness (QED) is 0.726. The number of piperazine rings is 1. The maximum absolute atomic E-state index is 13.3. The Hall–Kier alpha value is -1.42. The molecule has 0 aliphatic carbocycles. The van der Waals surface area contributed by atoms with Crippen LogP contribution in [0.25, 0.3) is 10.8 Å². The summed E-state index contributed by atoms with van der Waals surface area (Å²) < 4.78 is 34.0. The van der Waals surface area contributed by atoms with Crippen LogP contribution in [0.5, 0.6) is 0 Å². The number of nitrogens with zero attached hydrogens (tertiary/aromatic N) is 2. The standard InChI is InChI=1S/C20H22ClN3O4S.ClH/c21-16-3-1-15-10-17(4-2-14(15)9-16)29(26,27)23-11-18(25)24-13-20(28-19(24)12-23)5-7-22-8-6-20;/h1-4,9-10,19,22H,5-8,11-13H2;1H. The molecule has 2 aromatic rings. The van der Waals surface area contributed by atoms with Crippen LogP contribution in [0, 0.1) is 0 Å². The summed E-state index contributed by atoms with van der Waals surface area (Å²) in [5.41, 5.74) is -0.354. The Bertz CT molecular complexity index is 1090. The van der Waals surface area contributed by atoms with Gasteiger partial charge < -0.3 is 15.0 Å². The van der Waals surface area contributed by atoms with Gasteiger partial charge in [-0.1, -0.05) is 23.7 Å². The van der Waals surface area contributed by atoms with Gasteiger partial charge in [-0.15, -0.1) is 12.4 Å². The third kappa shape index (κ3) is 3.70. The van der Waals surface area contributed by atoms with Gasteiger partial charge in [0.25, 0.3) is 0 Å². The van der Waals surface area contributed by atoms with E-state index in [2.05, 4.69) is 5.32 Å². The highest BCUT2D eigenvalue weighted by Gasteiger charge is 2.51. The monoisotopic (exact) mass is 471 g/mol. The van der Waals surface area contributed by atoms with E-state index >= 15 is 0 Å². The van der Waals surface area contributed by atoms with E-state index in [4.69, 9.17) is 16.3 Å². The summed E-state index contributed by atoms with van der Waals surface area (Å²) in [4.78, 5) is 14.6. The lowest BCUT2D eigenvalue weighted by molar-refractivity contribution is -0.144. The summed E-state index contributed by atoms with van der Waals surface area (Å²) in [7, 11) is -3.82. The zero-order valence-corrected chi connectivity index (χ0v) is 18.6. The van der Waals surface area contributed by atoms with Crippen LogP contribution in [-0.2, 0) is 19.6 Å². The zero-order chi connectivity index (χ0) is 20.2. The molecule has 3 aliphatic heterocycles. The third-order valence-electron chi connectivity index (χ3n) is 6.11. The Morgan fingerprint density at radius 3 is 2.57 bits per heavy atom. The molecule has 1 N–H and O–H groups in total. The van der Waals surface area contributed by atoms with Crippen molar-refractivity contribution in [2.24, 2.45) is 0 Å². The second-order valence-corrected chi connectivity index (χ2v) is 10.4. The highest BCUT2D eigenvalue weighted by atomic mass is 35.5. The lowest BCUT2D eigenvalue weighted by Gasteiger charge is -2.35. The molecule has 0 saturated carbocycles. The zero-order valence-electron chi connectivity index (χ0n) is 16.2. The van der Waals surface area contributed by atoms with Gasteiger partial charge in [0.2, 0.25) is 15.9 Å². The van der Waals surface area contributed by atoms with Gasteiger partial charge in [-0.2, -0.15) is 4.31 Å². The lowest BCUT2D eigenvalue weighted by Crippen LogP contribution is -2.55. The molecule has 162 valence electrons. The number of rotatable bonds is 2. The second-order valence-electron chi connectivity index (χ2n) is 7.98. The Balaban J connectivity index is 0.00000218. The predicted molar refractivity (Wildman–Crippen MR) is 116 cm³/mol. The van der Waals surface area contributed by atoms with Gasteiger partial charge in [0.1, 0.15) is 6.23 Å². The van der Waals surface area contributed by atoms with Gasteiger partial charge >= 0.3 is 0 Å². The van der Waals surface area contributed by atoms with E-state index in [9.17, 15) is 13.2 Å². The minimum atomic E-state index is -3.82. The van der Waals surface area contributed by atoms with E-state index in [0.717, 1.165) is 36.7 Å². The van der Waals surface area contributed by atoms with Crippen molar-refractivity contribution in [3.63, 3.8) is 0 Å². The normalized spacial score (nSPS) is 24.1. The molecule has 3 aliphatic rings. The van der Waals surface area contributed by atoms with Crippen LogP contribution in [0.1, 0.15) is 12.8 Å². The molecule has 3 saturated heterocycles. The Kier molecular flexibility index (Phi) is 5.76. The Labute approximate surface area is 186 Å². The van der Waals surface area contributed by atoms with Crippen molar-refractivity contribution in [2.75, 3.05) is 32.7 Å². The summed E-state index contributed by atoms with van der Waals surface area (Å²) in [6.07, 6.45) is 1.13. The number of amides is 1. The summed E-state index contributed by atoms with van der Waals surface area (Å²) in [6, 6.07) is 10.2. The van der Waals surface area contributed by atoms with Gasteiger partial charge in [-0.3, -0.25) is 4.79 Å². The van der Waals surface area contributed by atoms with Crippen LogP contribution in [0.3, 0.4) is 0 Å². The molecule has 1 atom stereocenters. The number of hydrogen-bond donors (Lipinski definition) is 1. The first-order valence-corrected chi connectivity index (χ1v) is 11.6. The molecule has 7 nitrogen and oxygen atoms in total. The molecule has 0 aromatic heterocycles. The smallest absolute Gasteiger partial charge is 0.243 e. The van der Waals surface area contributed by atoms with Gasteiger partial charge in [-0.25, -0.2) is 8.42 Å². The topological polar surface area (TPSA) is 79.0 Å². The van der Waals surface area contributed by atoms with E-state index in [1.54, 1.807) is 41.3 Å². The molecule has 1 unspecified atom stereocenters. The van der Waals surface area contributed by atoms with Gasteiger partial charge in [0, 0.05) is 5.02 Å². The van der Waals surface area contributed by atoms with Crippen molar-refractivity contribution < 1.29 is 17.9 Å². The van der Waals surface area contributed by atoms with E-state index in [1.165, 1.54) is 4.31 Å². The first-order valence-electron chi connectivity index (χ1n) is 9.74. The SMILES string of the molecule is Cl.O=C1CN(S(=O)(=O)c2ccc3cc(Cl)ccc3c2)CC2OC3(CCNCC3)CN12. The molecule has 1 spiro atoms. The highest BCUT2D eigenvalue weighted by molar-refractivity contribution is 7.89. The van der Waals surface area contributed by atoms with E-state index < -0.39 is 16.3 Å². The molecular formula is C20H23Cl2N3O4S. The fraction of sp³-hybridized carbons (Fsp3) is 0.450. The maximum Gasteiger partial charge on any atom is 0.243 e. The van der Waals surface area contributed by atoms with Crippen molar-refractivity contribution in [2.45, 2.75) is 29.6 Å². The summed E-state index contributed by atoms with van der Waals surface area (Å²) >= 11 is 6.01. The van der Waals surface area contributed by atoms with Crippen LogP contribution in [0.4, 0.5) is 0 Å². The number of benzene rings is 2. The van der Waals surface area contributed by atoms with Crippen molar-refractivity contribution in [3.8, 4) is 0 Å². The largest absolute Gasteiger partial charge is 0.348 e. The number of piperidine rings is 1. The van der Waals surface area contributed by atoms with Gasteiger partial charge in [0.15, 0.2) is 0 Å². The van der Waals surface area contributed by atoms with E-state index in [0.29, 0.717) is 11.6 Å². The summed E-state index contributed by atoms with van der Waals surface area (Å²) in [5.74, 6) is -0.201. The Morgan fingerprint density at radius 1 is 1.10 bits per heavy atom. The lowest BCUT2D eigenvalue weighted by atomic mass is 9.92. The average molecular weight is 472 g/mol. The van der Waals surface area contributed by atoms with Crippen LogP contribution in [0.15, 0.2) is 41.3 Å². The first kappa shape index (κ1) is 21.8. The first-order chi connectivity index (χ1) is 13.9. The number of carbonyl (C=O) groups is 1. The molecule has 5 rings (SSSR count). The predicted octanol–water partition coefficient (Wildman–Crippen LogP) is 2.23. The third-order valence-corrected chi connectivity index (χ3v) is 8.15. The molecule has 10 heteroatoms. The minimum absolute atomic E-state index is 0. The highest BCUT2D eigenvalue weighted by Crippen LogP contribution is 2.36. The van der Waals surface area contributed by atoms with E-state index in [-0.39, 0.29) is 41.9 Å². The van der Waals surface area contributed by atoms with Crippen LogP contribution < -0.4 is 5.32 Å². The molecule has 3 heterocycles. The van der Waals surface area contributed by atoms with Crippen molar-refractivity contribution in [1.82, 2.24) is 14.5 Å². The van der Waals surface area contributed by atoms with Crippen molar-refractivity contribution >= 4 is 50.7 Å². The number of halogens is 2. The van der Waals surface area contributed by atoms with E-state index in [1.807, 2.05) is 0 Å². The summed E-state index contributed by atoms with van der Waals surface area (Å²) in [5, 5.41) is 5.55. The minimum Gasteiger partial charge on any atom is -0.348 e. The fourth-order valence-corrected chi connectivity index (χ4v) is 6.11. The Morgan fingerprint density at radius 2 is 1.80 bits per heavy atom. The fourth-order valence-electron chi connectivity index (χ4n) is 4.51. The number of ether oxygens (including phenoxy) is 1. The number of hydrogen-bond acceptors (Lipinski definition) is 5. The molecule has 0 radical (unpaired) electrons. The van der Waals surface area contributed by atoms with Crippen molar-refractivity contribution in [3.05, 3.63) is 41.4 Å². The molecule has 2 aromatic carbocycles. The van der Waals surface area contributed by atoms with Gasteiger partial charge in [0.05, 0.1) is 30.1 Å². The molecule has 0 bridgehead atoms. The van der Waals surface area contributed by atoms with Crippen molar-refractivity contribution in [1.29, 1.82) is 0 Å². The number of fused-ring (bicyclic) bond motifs is 2. The second kappa shape index (κ2) is 7.93. The number of sulfonamides is 1. The van der Waals surface area contributed by atoms with Crippen LogP contribution >= 0.6 is 24.0 Å².